The predicted octanol–water partition coefficient (Wildman–Crippen LogP) is 3.84. The van der Waals surface area contributed by atoms with Crippen LogP contribution < -0.4 is 5.43 Å². The van der Waals surface area contributed by atoms with Crippen LogP contribution in [0.2, 0.25) is 0 Å². The summed E-state index contributed by atoms with van der Waals surface area (Å²) in [5, 5.41) is 5.17. The predicted molar refractivity (Wildman–Crippen MR) is 97.3 cm³/mol. The van der Waals surface area contributed by atoms with Crippen molar-refractivity contribution in [3.05, 3.63) is 68.9 Å². The fourth-order valence-electron chi connectivity index (χ4n) is 2.29. The quantitative estimate of drug-likeness (QED) is 0.390. The Morgan fingerprint density at radius 1 is 1.18 bits per heavy atom. The normalized spacial score (nSPS) is 11.2. The van der Waals surface area contributed by atoms with Gasteiger partial charge in [0.05, 0.1) is 6.21 Å². The van der Waals surface area contributed by atoms with Gasteiger partial charge in [0, 0.05) is 31.3 Å². The van der Waals surface area contributed by atoms with Crippen LogP contribution in [0.15, 0.2) is 53.6 Å². The van der Waals surface area contributed by atoms with Crippen molar-refractivity contribution in [1.82, 2.24) is 10.4 Å². The molecule has 2 N–H and O–H groups in total. The second-order valence-electron chi connectivity index (χ2n) is 4.92. The first-order valence-corrected chi connectivity index (χ1v) is 7.89. The third-order valence-electron chi connectivity index (χ3n) is 3.41. The summed E-state index contributed by atoms with van der Waals surface area (Å²) in [7, 11) is 0. The Morgan fingerprint density at radius 3 is 2.68 bits per heavy atom. The lowest BCUT2D eigenvalue weighted by Crippen LogP contribution is -2.17. The van der Waals surface area contributed by atoms with Gasteiger partial charge in [-0.25, -0.2) is 5.43 Å². The van der Waals surface area contributed by atoms with E-state index in [0.29, 0.717) is 5.56 Å². The molecule has 0 saturated carbocycles. The third kappa shape index (κ3) is 3.04. The Bertz CT molecular complexity index is 850. The molecule has 0 atom stereocenters. The number of hydrogen-bond acceptors (Lipinski definition) is 2. The molecule has 0 fully saturated rings. The van der Waals surface area contributed by atoms with Crippen molar-refractivity contribution in [2.24, 2.45) is 5.10 Å². The minimum atomic E-state index is -0.217. The molecule has 110 valence electrons. The molecule has 0 aliphatic rings. The standard InChI is InChI=1S/C17H14IN3O/c1-11-15(14-4-2-3-5-16(14)20-11)10-19-21-17(22)12-6-8-13(18)9-7-12/h2-10,20H,1H3,(H,21,22)/b19-10-. The van der Waals surface area contributed by atoms with E-state index < -0.39 is 0 Å². The number of H-pyrrole nitrogens is 1. The van der Waals surface area contributed by atoms with Crippen LogP contribution in [0.25, 0.3) is 10.9 Å². The molecule has 4 nitrogen and oxygen atoms in total. The van der Waals surface area contributed by atoms with Gasteiger partial charge in [0.25, 0.3) is 5.91 Å². The first-order valence-electron chi connectivity index (χ1n) is 6.81. The Balaban J connectivity index is 1.77. The van der Waals surface area contributed by atoms with Crippen molar-refractivity contribution in [2.75, 3.05) is 0 Å². The molecule has 0 spiro atoms. The Labute approximate surface area is 141 Å². The maximum absolute atomic E-state index is 12.0. The van der Waals surface area contributed by atoms with Crippen LogP contribution in [0.4, 0.5) is 0 Å². The number of carbonyl (C=O) groups excluding carboxylic acids is 1. The Morgan fingerprint density at radius 2 is 1.91 bits per heavy atom. The average Bonchev–Trinajstić information content (AvgIpc) is 2.84. The number of aromatic amines is 1. The maximum atomic E-state index is 12.0. The van der Waals surface area contributed by atoms with Gasteiger partial charge in [-0.3, -0.25) is 4.79 Å². The van der Waals surface area contributed by atoms with Crippen molar-refractivity contribution >= 4 is 45.6 Å². The highest BCUT2D eigenvalue weighted by Crippen LogP contribution is 2.19. The van der Waals surface area contributed by atoms with Crippen molar-refractivity contribution in [2.45, 2.75) is 6.92 Å². The van der Waals surface area contributed by atoms with Gasteiger partial charge < -0.3 is 4.98 Å². The summed E-state index contributed by atoms with van der Waals surface area (Å²) in [6.07, 6.45) is 1.68. The lowest BCUT2D eigenvalue weighted by atomic mass is 10.1. The SMILES string of the molecule is Cc1[nH]c2ccccc2c1/C=N\NC(=O)c1ccc(I)cc1. The van der Waals surface area contributed by atoms with Crippen molar-refractivity contribution in [1.29, 1.82) is 0 Å². The fourth-order valence-corrected chi connectivity index (χ4v) is 2.65. The average molecular weight is 403 g/mol. The van der Waals surface area contributed by atoms with Crippen molar-refractivity contribution in [3.8, 4) is 0 Å². The molecule has 1 aromatic heterocycles. The van der Waals surface area contributed by atoms with E-state index in [1.165, 1.54) is 0 Å². The number of aromatic nitrogens is 1. The molecule has 5 heteroatoms. The van der Waals surface area contributed by atoms with E-state index in [1.54, 1.807) is 18.3 Å². The highest BCUT2D eigenvalue weighted by Gasteiger charge is 2.06. The molecular formula is C17H14IN3O. The largest absolute Gasteiger partial charge is 0.358 e. The van der Waals surface area contributed by atoms with Crippen LogP contribution >= 0.6 is 22.6 Å². The minimum Gasteiger partial charge on any atom is -0.358 e. The lowest BCUT2D eigenvalue weighted by Gasteiger charge is -2.00. The smallest absolute Gasteiger partial charge is 0.271 e. The van der Waals surface area contributed by atoms with Crippen LogP contribution in [0.3, 0.4) is 0 Å². The van der Waals surface area contributed by atoms with Gasteiger partial charge in [0.15, 0.2) is 0 Å². The number of nitrogens with zero attached hydrogens (tertiary/aromatic N) is 1. The van der Waals surface area contributed by atoms with Crippen LogP contribution in [0.5, 0.6) is 0 Å². The number of amides is 1. The molecule has 3 aromatic rings. The summed E-state index contributed by atoms with van der Waals surface area (Å²) in [6.45, 7) is 1.99. The molecule has 0 radical (unpaired) electrons. The molecule has 3 rings (SSSR count). The summed E-state index contributed by atoms with van der Waals surface area (Å²) in [5.41, 5.74) is 6.22. The van der Waals surface area contributed by atoms with Gasteiger partial charge >= 0.3 is 0 Å². The van der Waals surface area contributed by atoms with E-state index in [-0.39, 0.29) is 5.91 Å². The summed E-state index contributed by atoms with van der Waals surface area (Å²) in [6, 6.07) is 15.4. The molecule has 0 bridgehead atoms. The van der Waals surface area contributed by atoms with E-state index in [9.17, 15) is 4.79 Å². The van der Waals surface area contributed by atoms with Crippen LogP contribution in [-0.4, -0.2) is 17.1 Å². The number of hydrogen-bond donors (Lipinski definition) is 2. The number of halogens is 1. The van der Waals surface area contributed by atoms with E-state index in [4.69, 9.17) is 0 Å². The first-order chi connectivity index (χ1) is 10.6. The minimum absolute atomic E-state index is 0.217. The van der Waals surface area contributed by atoms with Crippen LogP contribution in [0, 0.1) is 10.5 Å². The highest BCUT2D eigenvalue weighted by molar-refractivity contribution is 14.1. The second kappa shape index (κ2) is 6.31. The fraction of sp³-hybridized carbons (Fsp3) is 0.0588. The molecular weight excluding hydrogens is 389 g/mol. The number of rotatable bonds is 3. The molecule has 2 aromatic carbocycles. The monoisotopic (exact) mass is 403 g/mol. The zero-order valence-corrected chi connectivity index (χ0v) is 14.1. The third-order valence-corrected chi connectivity index (χ3v) is 4.13. The van der Waals surface area contributed by atoms with Gasteiger partial charge in [0.1, 0.15) is 0 Å². The molecule has 1 heterocycles. The highest BCUT2D eigenvalue weighted by atomic mass is 127. The summed E-state index contributed by atoms with van der Waals surface area (Å²) in [4.78, 5) is 15.3. The second-order valence-corrected chi connectivity index (χ2v) is 6.16. The number of benzene rings is 2. The zero-order valence-electron chi connectivity index (χ0n) is 11.9. The van der Waals surface area contributed by atoms with Gasteiger partial charge in [-0.2, -0.15) is 5.10 Å². The van der Waals surface area contributed by atoms with E-state index in [0.717, 1.165) is 25.7 Å². The topological polar surface area (TPSA) is 57.2 Å². The lowest BCUT2D eigenvalue weighted by molar-refractivity contribution is 0.0955. The van der Waals surface area contributed by atoms with E-state index in [2.05, 4.69) is 38.1 Å². The molecule has 0 unspecified atom stereocenters. The van der Waals surface area contributed by atoms with Gasteiger partial charge in [-0.15, -0.1) is 0 Å². The van der Waals surface area contributed by atoms with Crippen molar-refractivity contribution < 1.29 is 4.79 Å². The number of fused-ring (bicyclic) bond motifs is 1. The Hall–Kier alpha value is -2.15. The number of hydrazone groups is 1. The van der Waals surface area contributed by atoms with Gasteiger partial charge in [-0.1, -0.05) is 18.2 Å². The number of carbonyl (C=O) groups is 1. The van der Waals surface area contributed by atoms with Crippen LogP contribution in [0.1, 0.15) is 21.6 Å². The van der Waals surface area contributed by atoms with E-state index in [1.807, 2.05) is 43.3 Å². The number of para-hydroxylation sites is 1. The summed E-state index contributed by atoms with van der Waals surface area (Å²) < 4.78 is 1.09. The molecule has 0 aliphatic heterocycles. The molecule has 0 aliphatic carbocycles. The first kappa shape index (κ1) is 14.8. The van der Waals surface area contributed by atoms with Gasteiger partial charge in [0.2, 0.25) is 0 Å². The Kier molecular flexibility index (Phi) is 4.24. The van der Waals surface area contributed by atoms with Gasteiger partial charge in [-0.05, 0) is 59.8 Å². The molecule has 1 amide bonds. The number of nitrogens with one attached hydrogen (secondary N) is 2. The van der Waals surface area contributed by atoms with E-state index >= 15 is 0 Å². The summed E-state index contributed by atoms with van der Waals surface area (Å²) >= 11 is 2.20. The molecule has 22 heavy (non-hydrogen) atoms. The zero-order chi connectivity index (χ0) is 15.5. The van der Waals surface area contributed by atoms with Crippen molar-refractivity contribution in [3.63, 3.8) is 0 Å². The number of aryl methyl sites for hydroxylation is 1. The maximum Gasteiger partial charge on any atom is 0.271 e. The summed E-state index contributed by atoms with van der Waals surface area (Å²) in [5.74, 6) is -0.217. The molecule has 0 saturated heterocycles. The van der Waals surface area contributed by atoms with Crippen LogP contribution in [-0.2, 0) is 0 Å².